The number of rotatable bonds is 4. The van der Waals surface area contributed by atoms with Crippen LogP contribution in [-0.2, 0) is 0 Å². The second-order valence-corrected chi connectivity index (χ2v) is 16.5. The van der Waals surface area contributed by atoms with Crippen molar-refractivity contribution < 1.29 is 0 Å². The van der Waals surface area contributed by atoms with Crippen LogP contribution in [-0.4, -0.2) is 42.5 Å². The molecule has 0 aliphatic carbocycles. The first-order chi connectivity index (χ1) is 9.19. The van der Waals surface area contributed by atoms with Gasteiger partial charge in [-0.2, -0.15) is 0 Å². The Morgan fingerprint density at radius 1 is 0.900 bits per heavy atom. The molecule has 0 aromatic carbocycles. The van der Waals surface area contributed by atoms with Crippen LogP contribution >= 0.6 is 31.4 Å². The Labute approximate surface area is 130 Å². The maximum Gasteiger partial charge on any atom is 0.0805 e. The average molecular weight is 328 g/mol. The van der Waals surface area contributed by atoms with Gasteiger partial charge in [-0.3, -0.25) is 4.98 Å². The van der Waals surface area contributed by atoms with E-state index in [1.807, 2.05) is 0 Å². The van der Waals surface area contributed by atoms with Crippen LogP contribution in [0.15, 0.2) is 35.7 Å². The lowest BCUT2D eigenvalue weighted by Gasteiger charge is -2.47. The Balaban J connectivity index is 2.48. The molecule has 0 amide bonds. The van der Waals surface area contributed by atoms with Crippen molar-refractivity contribution in [3.8, 4) is 10.6 Å². The summed E-state index contributed by atoms with van der Waals surface area (Å²) in [5, 5.41) is 2.12. The smallest absolute Gasteiger partial charge is 0.0805 e. The van der Waals surface area contributed by atoms with Crippen LogP contribution in [0.2, 0.25) is 0 Å². The Morgan fingerprint density at radius 3 is 2.05 bits per heavy atom. The normalized spacial score (nSPS) is 14.6. The van der Waals surface area contributed by atoms with Gasteiger partial charge in [0.25, 0.3) is 0 Å². The molecule has 112 valence electrons. The summed E-state index contributed by atoms with van der Waals surface area (Å²) in [6.45, 7) is 0. The Bertz CT molecular complexity index is 548. The van der Waals surface area contributed by atoms with E-state index in [9.17, 15) is 0 Å². The van der Waals surface area contributed by atoms with E-state index < -0.39 is 20.1 Å². The van der Waals surface area contributed by atoms with Crippen LogP contribution in [0.1, 0.15) is 10.3 Å². The van der Waals surface area contributed by atoms with Crippen LogP contribution < -0.4 is 0 Å². The minimum Gasteiger partial charge on any atom is -0.250 e. The summed E-state index contributed by atoms with van der Waals surface area (Å²) in [7, 11) is -1.37. The highest BCUT2D eigenvalue weighted by Crippen LogP contribution is 2.68. The predicted molar refractivity (Wildman–Crippen MR) is 101 cm³/mol. The van der Waals surface area contributed by atoms with Crippen LogP contribution in [0.5, 0.6) is 0 Å². The van der Waals surface area contributed by atoms with E-state index in [1.54, 1.807) is 11.3 Å². The Morgan fingerprint density at radius 2 is 1.55 bits per heavy atom. The maximum atomic E-state index is 5.00. The highest BCUT2D eigenvalue weighted by atomic mass is 32.3. The van der Waals surface area contributed by atoms with Gasteiger partial charge >= 0.3 is 0 Å². The zero-order chi connectivity index (χ0) is 15.0. The van der Waals surface area contributed by atoms with Crippen LogP contribution in [0.3, 0.4) is 0 Å². The number of nitrogens with zero attached hydrogens (tertiary/aromatic N) is 1. The molecule has 2 heterocycles. The third kappa shape index (κ3) is 3.60. The summed E-state index contributed by atoms with van der Waals surface area (Å²) in [5.74, 6) is 0. The lowest BCUT2D eigenvalue weighted by molar-refractivity contribution is 1.15. The third-order valence-electron chi connectivity index (χ3n) is 3.07. The van der Waals surface area contributed by atoms with Crippen molar-refractivity contribution in [1.29, 1.82) is 0 Å². The van der Waals surface area contributed by atoms with Crippen LogP contribution in [0, 0.1) is 0 Å². The zero-order valence-corrected chi connectivity index (χ0v) is 15.7. The Hall–Kier alpha value is -0.450. The molecule has 2 aromatic heterocycles. The summed E-state index contributed by atoms with van der Waals surface area (Å²) in [5.41, 5.74) is 2.40. The molecule has 0 atom stereocenters. The second-order valence-electron chi connectivity index (χ2n) is 6.62. The van der Waals surface area contributed by atoms with Crippen LogP contribution in [0.4, 0.5) is 0 Å². The number of hydrogen-bond donors (Lipinski definition) is 0. The molecule has 0 radical (unpaired) electrons. The van der Waals surface area contributed by atoms with Crippen LogP contribution in [0.25, 0.3) is 10.6 Å². The first-order valence-electron chi connectivity index (χ1n) is 6.55. The second kappa shape index (κ2) is 5.74. The molecule has 0 aliphatic rings. The average Bonchev–Trinajstić information content (AvgIpc) is 2.78. The molecule has 2 aromatic rings. The first-order valence-corrected chi connectivity index (χ1v) is 13.3. The number of thiophene rings is 1. The van der Waals surface area contributed by atoms with Gasteiger partial charge in [0.2, 0.25) is 0 Å². The number of aromatic nitrogens is 1. The van der Waals surface area contributed by atoms with Crippen molar-refractivity contribution in [1.82, 2.24) is 4.98 Å². The summed E-state index contributed by atoms with van der Waals surface area (Å²) < 4.78 is 0.593. The fraction of sp³-hybridized carbons (Fsp3) is 0.438. The predicted octanol–water partition coefficient (Wildman–Crippen LogP) is 5.20. The van der Waals surface area contributed by atoms with Crippen molar-refractivity contribution in [2.75, 3.05) is 37.5 Å². The topological polar surface area (TPSA) is 12.9 Å². The monoisotopic (exact) mass is 327 g/mol. The van der Waals surface area contributed by atoms with Crippen molar-refractivity contribution in [3.63, 3.8) is 0 Å². The highest BCUT2D eigenvalue weighted by Gasteiger charge is 2.31. The van der Waals surface area contributed by atoms with Crippen molar-refractivity contribution in [3.05, 3.63) is 41.4 Å². The number of pyridine rings is 1. The molecule has 0 spiro atoms. The van der Waals surface area contributed by atoms with Gasteiger partial charge in [-0.1, -0.05) is 12.1 Å². The van der Waals surface area contributed by atoms with E-state index in [2.05, 4.69) is 73.2 Å². The van der Waals surface area contributed by atoms with Gasteiger partial charge in [0, 0.05) is 0 Å². The molecular weight excluding hydrogens is 302 g/mol. The molecule has 0 unspecified atom stereocenters. The Kier molecular flexibility index (Phi) is 4.57. The molecule has 1 nitrogen and oxygen atoms in total. The van der Waals surface area contributed by atoms with E-state index >= 15 is 0 Å². The minimum absolute atomic E-state index is 0.593. The van der Waals surface area contributed by atoms with Gasteiger partial charge in [-0.25, -0.2) is 20.1 Å². The van der Waals surface area contributed by atoms with E-state index in [0.717, 1.165) is 5.69 Å². The molecule has 0 aliphatic heterocycles. The molecule has 0 saturated heterocycles. The summed E-state index contributed by atoms with van der Waals surface area (Å²) in [4.78, 5) is 6.26. The molecule has 2 rings (SSSR count). The first kappa shape index (κ1) is 15.9. The zero-order valence-electron chi connectivity index (χ0n) is 13.2. The van der Waals surface area contributed by atoms with E-state index in [-0.39, 0.29) is 0 Å². The van der Waals surface area contributed by atoms with Gasteiger partial charge < -0.3 is 0 Å². The summed E-state index contributed by atoms with van der Waals surface area (Å²) in [6.07, 6.45) is 14.5. The molecule has 4 heteroatoms. The largest absolute Gasteiger partial charge is 0.250 e. The molecule has 0 saturated carbocycles. The molecule has 20 heavy (non-hydrogen) atoms. The van der Waals surface area contributed by atoms with E-state index in [1.165, 1.54) is 10.6 Å². The third-order valence-corrected chi connectivity index (χ3v) is 10.5. The number of hydrogen-bond acceptors (Lipinski definition) is 2. The van der Waals surface area contributed by atoms with Crippen molar-refractivity contribution in [2.45, 2.75) is 4.58 Å². The van der Waals surface area contributed by atoms with Gasteiger partial charge in [0.15, 0.2) is 0 Å². The van der Waals surface area contributed by atoms with Crippen molar-refractivity contribution in [2.24, 2.45) is 0 Å². The van der Waals surface area contributed by atoms with Gasteiger partial charge in [0.05, 0.1) is 20.8 Å². The fourth-order valence-corrected chi connectivity index (χ4v) is 12.1. The van der Waals surface area contributed by atoms with E-state index in [4.69, 9.17) is 4.98 Å². The molecule has 0 fully saturated rings. The van der Waals surface area contributed by atoms with Gasteiger partial charge in [-0.05, 0) is 61.1 Å². The molecule has 0 N–H and O–H groups in total. The summed E-state index contributed by atoms with van der Waals surface area (Å²) >= 11 is 1.76. The molecule has 0 bridgehead atoms. The summed E-state index contributed by atoms with van der Waals surface area (Å²) in [6, 6.07) is 10.8. The quantitative estimate of drug-likeness (QED) is 0.752. The fourth-order valence-electron chi connectivity index (χ4n) is 2.73. The van der Waals surface area contributed by atoms with Crippen molar-refractivity contribution >= 4 is 31.4 Å². The van der Waals surface area contributed by atoms with Gasteiger partial charge in [-0.15, -0.1) is 11.3 Å². The maximum absolute atomic E-state index is 5.00. The SMILES string of the molecule is CS(C)(C)C(c1cccc(-c2cccs2)n1)S(C)(C)C. The van der Waals surface area contributed by atoms with Gasteiger partial charge in [0.1, 0.15) is 0 Å². The van der Waals surface area contributed by atoms with E-state index in [0.29, 0.717) is 4.58 Å². The lowest BCUT2D eigenvalue weighted by Crippen LogP contribution is -2.15. The standard InChI is InChI=1S/C16H25NS3/c1-19(2,3)16(20(4,5)6)14-10-7-9-13(17-14)15-11-8-12-18-15/h7-12,16H,1-6H3. The lowest BCUT2D eigenvalue weighted by atomic mass is 10.3. The highest BCUT2D eigenvalue weighted by molar-refractivity contribution is 8.47. The molecular formula is C16H25NS3. The minimum atomic E-state index is -0.683.